The molecule has 2 unspecified atom stereocenters. The third kappa shape index (κ3) is 1.65. The average molecular weight is 269 g/mol. The van der Waals surface area contributed by atoms with E-state index in [9.17, 15) is 0 Å². The monoisotopic (exact) mass is 269 g/mol. The number of hydrogen-bond acceptors (Lipinski definition) is 4. The molecule has 0 aliphatic carbocycles. The SMILES string of the molecule is CC=C1CC2CCC(C1)N2c1ccc2nnc(C)n2n1. The van der Waals surface area contributed by atoms with E-state index < -0.39 is 0 Å². The van der Waals surface area contributed by atoms with Crippen molar-refractivity contribution in [2.24, 2.45) is 0 Å². The summed E-state index contributed by atoms with van der Waals surface area (Å²) >= 11 is 0. The Morgan fingerprint density at radius 1 is 1.15 bits per heavy atom. The Morgan fingerprint density at radius 2 is 1.90 bits per heavy atom. The number of fused-ring (bicyclic) bond motifs is 3. The first-order chi connectivity index (χ1) is 9.76. The average Bonchev–Trinajstić information content (AvgIpc) is 2.96. The highest BCUT2D eigenvalue weighted by Crippen LogP contribution is 2.40. The number of allylic oxidation sites excluding steroid dienone is 1. The van der Waals surface area contributed by atoms with Gasteiger partial charge in [0.25, 0.3) is 0 Å². The van der Waals surface area contributed by atoms with Crippen LogP contribution in [-0.2, 0) is 0 Å². The van der Waals surface area contributed by atoms with Crippen LogP contribution in [0, 0.1) is 6.92 Å². The molecule has 0 N–H and O–H groups in total. The van der Waals surface area contributed by atoms with E-state index in [0.29, 0.717) is 12.1 Å². The molecule has 104 valence electrons. The van der Waals surface area contributed by atoms with Gasteiger partial charge in [0, 0.05) is 12.1 Å². The van der Waals surface area contributed by atoms with Crippen LogP contribution in [0.4, 0.5) is 5.82 Å². The second kappa shape index (κ2) is 4.30. The Bertz CT molecular complexity index is 671. The molecule has 0 saturated carbocycles. The molecule has 5 heteroatoms. The molecule has 2 aromatic rings. The molecule has 2 saturated heterocycles. The van der Waals surface area contributed by atoms with Crippen molar-refractivity contribution < 1.29 is 0 Å². The van der Waals surface area contributed by atoms with Crippen LogP contribution in [0.5, 0.6) is 0 Å². The molecular formula is C15H19N5. The smallest absolute Gasteiger partial charge is 0.178 e. The largest absolute Gasteiger partial charge is 0.349 e. The second-order valence-corrected chi connectivity index (χ2v) is 5.86. The minimum atomic E-state index is 0.613. The lowest BCUT2D eigenvalue weighted by atomic mass is 9.96. The van der Waals surface area contributed by atoms with Crippen molar-refractivity contribution in [3.63, 3.8) is 0 Å². The van der Waals surface area contributed by atoms with Crippen LogP contribution in [0.25, 0.3) is 5.65 Å². The molecule has 2 aliphatic heterocycles. The van der Waals surface area contributed by atoms with E-state index in [1.807, 2.05) is 17.5 Å². The Labute approximate surface area is 118 Å². The van der Waals surface area contributed by atoms with Gasteiger partial charge >= 0.3 is 0 Å². The maximum atomic E-state index is 4.75. The Morgan fingerprint density at radius 3 is 2.60 bits per heavy atom. The van der Waals surface area contributed by atoms with Crippen LogP contribution in [0.1, 0.15) is 38.4 Å². The molecule has 2 aromatic heterocycles. The number of aromatic nitrogens is 4. The number of hydrogen-bond donors (Lipinski definition) is 0. The standard InChI is InChI=1S/C15H19N5/c1-3-11-8-12-4-5-13(9-11)19(12)15-7-6-14-17-16-10(2)20(14)18-15/h3,6-7,12-13H,4-5,8-9H2,1-2H3. The second-order valence-electron chi connectivity index (χ2n) is 5.86. The van der Waals surface area contributed by atoms with Crippen molar-refractivity contribution in [2.45, 2.75) is 51.6 Å². The van der Waals surface area contributed by atoms with Gasteiger partial charge in [-0.2, -0.15) is 4.52 Å². The van der Waals surface area contributed by atoms with E-state index >= 15 is 0 Å². The zero-order valence-corrected chi connectivity index (χ0v) is 12.0. The van der Waals surface area contributed by atoms with Gasteiger partial charge in [-0.15, -0.1) is 15.3 Å². The quantitative estimate of drug-likeness (QED) is 0.746. The summed E-state index contributed by atoms with van der Waals surface area (Å²) in [5, 5.41) is 12.9. The summed E-state index contributed by atoms with van der Waals surface area (Å²) in [6.07, 6.45) is 7.23. The van der Waals surface area contributed by atoms with Gasteiger partial charge < -0.3 is 4.90 Å². The fraction of sp³-hybridized carbons (Fsp3) is 0.533. The van der Waals surface area contributed by atoms with Crippen molar-refractivity contribution >= 4 is 11.5 Å². The summed E-state index contributed by atoms with van der Waals surface area (Å²) in [5.74, 6) is 1.92. The van der Waals surface area contributed by atoms with Gasteiger partial charge in [0.05, 0.1) is 0 Å². The van der Waals surface area contributed by atoms with Gasteiger partial charge in [0.1, 0.15) is 5.82 Å². The van der Waals surface area contributed by atoms with E-state index in [2.05, 4.69) is 34.2 Å². The van der Waals surface area contributed by atoms with Crippen molar-refractivity contribution in [1.82, 2.24) is 19.8 Å². The van der Waals surface area contributed by atoms with Gasteiger partial charge in [-0.1, -0.05) is 11.6 Å². The third-order valence-electron chi connectivity index (χ3n) is 4.69. The maximum absolute atomic E-state index is 4.75. The first kappa shape index (κ1) is 11.9. The first-order valence-corrected chi connectivity index (χ1v) is 7.37. The van der Waals surface area contributed by atoms with Crippen molar-refractivity contribution in [3.05, 3.63) is 29.6 Å². The van der Waals surface area contributed by atoms with Gasteiger partial charge in [-0.05, 0) is 51.7 Å². The fourth-order valence-corrected chi connectivity index (χ4v) is 3.68. The van der Waals surface area contributed by atoms with E-state index in [4.69, 9.17) is 5.10 Å². The Kier molecular flexibility index (Phi) is 2.55. The third-order valence-corrected chi connectivity index (χ3v) is 4.69. The number of anilines is 1. The minimum Gasteiger partial charge on any atom is -0.349 e. The van der Waals surface area contributed by atoms with Gasteiger partial charge in [0.2, 0.25) is 0 Å². The van der Waals surface area contributed by atoms with Crippen LogP contribution < -0.4 is 4.90 Å². The number of aryl methyl sites for hydroxylation is 1. The number of rotatable bonds is 1. The van der Waals surface area contributed by atoms with Gasteiger partial charge in [0.15, 0.2) is 11.5 Å². The Balaban J connectivity index is 1.74. The topological polar surface area (TPSA) is 46.3 Å². The molecule has 0 aromatic carbocycles. The molecule has 0 amide bonds. The minimum absolute atomic E-state index is 0.613. The molecule has 20 heavy (non-hydrogen) atoms. The molecule has 2 atom stereocenters. The molecule has 5 nitrogen and oxygen atoms in total. The highest BCUT2D eigenvalue weighted by molar-refractivity contribution is 5.49. The highest BCUT2D eigenvalue weighted by Gasteiger charge is 2.39. The number of nitrogens with zero attached hydrogens (tertiary/aromatic N) is 5. The van der Waals surface area contributed by atoms with E-state index in [0.717, 1.165) is 17.3 Å². The molecule has 2 bridgehead atoms. The van der Waals surface area contributed by atoms with Crippen molar-refractivity contribution in [2.75, 3.05) is 4.90 Å². The molecular weight excluding hydrogens is 250 g/mol. The zero-order valence-electron chi connectivity index (χ0n) is 12.0. The zero-order chi connectivity index (χ0) is 13.7. The first-order valence-electron chi connectivity index (χ1n) is 7.37. The molecule has 4 heterocycles. The molecule has 4 rings (SSSR count). The lowest BCUT2D eigenvalue weighted by Crippen LogP contribution is -2.41. The van der Waals surface area contributed by atoms with Gasteiger partial charge in [-0.3, -0.25) is 0 Å². The molecule has 2 fully saturated rings. The summed E-state index contributed by atoms with van der Waals surface area (Å²) in [6.45, 7) is 4.11. The van der Waals surface area contributed by atoms with Crippen LogP contribution in [0.2, 0.25) is 0 Å². The number of piperidine rings is 1. The van der Waals surface area contributed by atoms with E-state index in [-0.39, 0.29) is 0 Å². The summed E-state index contributed by atoms with van der Waals surface area (Å²) in [7, 11) is 0. The summed E-state index contributed by atoms with van der Waals surface area (Å²) in [5.41, 5.74) is 2.43. The normalized spacial score (nSPS) is 25.5. The maximum Gasteiger partial charge on any atom is 0.178 e. The molecule has 2 aliphatic rings. The van der Waals surface area contributed by atoms with E-state index in [1.54, 1.807) is 5.57 Å². The lowest BCUT2D eigenvalue weighted by molar-refractivity contribution is 0.539. The van der Waals surface area contributed by atoms with Crippen molar-refractivity contribution in [3.8, 4) is 0 Å². The summed E-state index contributed by atoms with van der Waals surface area (Å²) in [6, 6.07) is 5.34. The fourth-order valence-electron chi connectivity index (χ4n) is 3.68. The van der Waals surface area contributed by atoms with Crippen LogP contribution in [-0.4, -0.2) is 31.9 Å². The van der Waals surface area contributed by atoms with Crippen LogP contribution in [0.3, 0.4) is 0 Å². The van der Waals surface area contributed by atoms with Crippen LogP contribution >= 0.6 is 0 Å². The predicted molar refractivity (Wildman–Crippen MR) is 77.8 cm³/mol. The van der Waals surface area contributed by atoms with E-state index in [1.165, 1.54) is 25.7 Å². The van der Waals surface area contributed by atoms with Crippen LogP contribution in [0.15, 0.2) is 23.8 Å². The Hall–Kier alpha value is -1.91. The predicted octanol–water partition coefficient (Wildman–Crippen LogP) is 2.51. The summed E-state index contributed by atoms with van der Waals surface area (Å²) < 4.78 is 1.85. The highest BCUT2D eigenvalue weighted by atomic mass is 15.4. The van der Waals surface area contributed by atoms with Crippen molar-refractivity contribution in [1.29, 1.82) is 0 Å². The van der Waals surface area contributed by atoms with Gasteiger partial charge in [-0.25, -0.2) is 0 Å². The molecule has 0 radical (unpaired) electrons. The lowest BCUT2D eigenvalue weighted by Gasteiger charge is -2.37. The summed E-state index contributed by atoms with van der Waals surface area (Å²) in [4.78, 5) is 2.52. The molecule has 0 spiro atoms.